The average Bonchev–Trinajstić information content (AvgIpc) is 3.03. The van der Waals surface area contributed by atoms with Crippen LogP contribution in [0.5, 0.6) is 0 Å². The zero-order valence-corrected chi connectivity index (χ0v) is 13.0. The molecule has 0 unspecified atom stereocenters. The number of furan rings is 1. The number of anilines is 1. The zero-order valence-electron chi connectivity index (χ0n) is 13.0. The largest absolute Gasteiger partial charge is 0.467 e. The molecule has 2 aromatic heterocycles. The summed E-state index contributed by atoms with van der Waals surface area (Å²) in [5.74, 6) is 0.687. The van der Waals surface area contributed by atoms with E-state index in [1.54, 1.807) is 18.5 Å². The maximum atomic E-state index is 12.0. The molecule has 0 saturated carbocycles. The van der Waals surface area contributed by atoms with E-state index in [0.717, 1.165) is 24.4 Å². The molecule has 0 aliphatic rings. The number of carbonyl (C=O) groups excluding carboxylic acids is 1. The van der Waals surface area contributed by atoms with Gasteiger partial charge in [-0.1, -0.05) is 0 Å². The summed E-state index contributed by atoms with van der Waals surface area (Å²) >= 11 is 0. The van der Waals surface area contributed by atoms with E-state index < -0.39 is 0 Å². The molecule has 0 aromatic carbocycles. The Morgan fingerprint density at radius 1 is 1.36 bits per heavy atom. The first kappa shape index (κ1) is 16.0. The van der Waals surface area contributed by atoms with Crippen molar-refractivity contribution in [2.75, 3.05) is 32.5 Å². The standard InChI is InChI=1S/C16H22N4O2/c1-20(2)9-4-7-18-16(21)15-11-13(6-8-17-15)19-12-14-5-3-10-22-14/h3,5-6,8,10-11H,4,7,9,12H2,1-2H3,(H,17,19)(H,18,21). The second-order valence-corrected chi connectivity index (χ2v) is 5.28. The SMILES string of the molecule is CN(C)CCCNC(=O)c1cc(NCc2ccco2)ccn1. The fourth-order valence-electron chi connectivity index (χ4n) is 1.95. The minimum atomic E-state index is -0.152. The molecule has 2 N–H and O–H groups in total. The van der Waals surface area contributed by atoms with Gasteiger partial charge in [0.1, 0.15) is 11.5 Å². The summed E-state index contributed by atoms with van der Waals surface area (Å²) in [5.41, 5.74) is 1.25. The molecule has 6 heteroatoms. The van der Waals surface area contributed by atoms with Crippen LogP contribution >= 0.6 is 0 Å². The summed E-state index contributed by atoms with van der Waals surface area (Å²) in [4.78, 5) is 18.2. The molecule has 0 atom stereocenters. The van der Waals surface area contributed by atoms with Crippen LogP contribution in [0.15, 0.2) is 41.1 Å². The maximum absolute atomic E-state index is 12.0. The van der Waals surface area contributed by atoms with Gasteiger partial charge in [-0.3, -0.25) is 9.78 Å². The summed E-state index contributed by atoms with van der Waals surface area (Å²) < 4.78 is 5.26. The Bertz CT molecular complexity index is 582. The van der Waals surface area contributed by atoms with E-state index in [4.69, 9.17) is 4.42 Å². The van der Waals surface area contributed by atoms with Crippen molar-refractivity contribution in [3.8, 4) is 0 Å². The van der Waals surface area contributed by atoms with Crippen molar-refractivity contribution in [2.45, 2.75) is 13.0 Å². The Labute approximate surface area is 130 Å². The number of carbonyl (C=O) groups is 1. The molecule has 0 aliphatic heterocycles. The number of nitrogens with one attached hydrogen (secondary N) is 2. The zero-order chi connectivity index (χ0) is 15.8. The molecule has 22 heavy (non-hydrogen) atoms. The minimum Gasteiger partial charge on any atom is -0.467 e. The summed E-state index contributed by atoms with van der Waals surface area (Å²) in [6.07, 6.45) is 4.17. The topological polar surface area (TPSA) is 70.4 Å². The summed E-state index contributed by atoms with van der Waals surface area (Å²) in [6, 6.07) is 7.30. The predicted molar refractivity (Wildman–Crippen MR) is 85.8 cm³/mol. The van der Waals surface area contributed by atoms with Gasteiger partial charge in [0, 0.05) is 18.4 Å². The van der Waals surface area contributed by atoms with Crippen LogP contribution in [0, 0.1) is 0 Å². The lowest BCUT2D eigenvalue weighted by Crippen LogP contribution is -2.27. The summed E-state index contributed by atoms with van der Waals surface area (Å²) in [5, 5.41) is 6.08. The molecule has 6 nitrogen and oxygen atoms in total. The lowest BCUT2D eigenvalue weighted by molar-refractivity contribution is 0.0947. The maximum Gasteiger partial charge on any atom is 0.269 e. The normalized spacial score (nSPS) is 10.7. The van der Waals surface area contributed by atoms with Gasteiger partial charge in [-0.05, 0) is 51.3 Å². The highest BCUT2D eigenvalue weighted by molar-refractivity contribution is 5.93. The van der Waals surface area contributed by atoms with Crippen LogP contribution in [0.2, 0.25) is 0 Å². The highest BCUT2D eigenvalue weighted by Crippen LogP contribution is 2.10. The van der Waals surface area contributed by atoms with Gasteiger partial charge < -0.3 is 20.0 Å². The minimum absolute atomic E-state index is 0.152. The van der Waals surface area contributed by atoms with Gasteiger partial charge in [0.25, 0.3) is 5.91 Å². The lowest BCUT2D eigenvalue weighted by atomic mass is 10.3. The van der Waals surface area contributed by atoms with Crippen LogP contribution in [0.1, 0.15) is 22.7 Å². The molecule has 0 spiro atoms. The lowest BCUT2D eigenvalue weighted by Gasteiger charge is -2.10. The van der Waals surface area contributed by atoms with Gasteiger partial charge in [0.15, 0.2) is 0 Å². The van der Waals surface area contributed by atoms with Gasteiger partial charge in [0.05, 0.1) is 12.8 Å². The van der Waals surface area contributed by atoms with Gasteiger partial charge in [-0.15, -0.1) is 0 Å². The Morgan fingerprint density at radius 2 is 2.23 bits per heavy atom. The van der Waals surface area contributed by atoms with Crippen molar-refractivity contribution >= 4 is 11.6 Å². The quantitative estimate of drug-likeness (QED) is 0.730. The van der Waals surface area contributed by atoms with Crippen molar-refractivity contribution in [1.82, 2.24) is 15.2 Å². The Morgan fingerprint density at radius 3 is 2.95 bits per heavy atom. The highest BCUT2D eigenvalue weighted by atomic mass is 16.3. The van der Waals surface area contributed by atoms with Crippen LogP contribution in [0.3, 0.4) is 0 Å². The van der Waals surface area contributed by atoms with Gasteiger partial charge >= 0.3 is 0 Å². The number of aromatic nitrogens is 1. The van der Waals surface area contributed by atoms with E-state index in [0.29, 0.717) is 18.8 Å². The molecular formula is C16H22N4O2. The molecule has 0 saturated heterocycles. The van der Waals surface area contributed by atoms with Crippen LogP contribution in [0.25, 0.3) is 0 Å². The molecule has 2 rings (SSSR count). The van der Waals surface area contributed by atoms with Gasteiger partial charge in [-0.2, -0.15) is 0 Å². The number of nitrogens with zero attached hydrogens (tertiary/aromatic N) is 2. The highest BCUT2D eigenvalue weighted by Gasteiger charge is 2.07. The van der Waals surface area contributed by atoms with E-state index in [1.165, 1.54) is 0 Å². The summed E-state index contributed by atoms with van der Waals surface area (Å²) in [7, 11) is 4.02. The molecule has 0 aliphatic carbocycles. The Hall–Kier alpha value is -2.34. The Balaban J connectivity index is 1.83. The second kappa shape index (κ2) is 8.19. The second-order valence-electron chi connectivity index (χ2n) is 5.28. The Kier molecular flexibility index (Phi) is 5.97. The molecule has 0 fully saturated rings. The third kappa shape index (κ3) is 5.21. The van der Waals surface area contributed by atoms with E-state index >= 15 is 0 Å². The average molecular weight is 302 g/mol. The molecule has 0 bridgehead atoms. The van der Waals surface area contributed by atoms with Crippen molar-refractivity contribution in [2.24, 2.45) is 0 Å². The first-order valence-electron chi connectivity index (χ1n) is 7.30. The first-order chi connectivity index (χ1) is 10.6. The third-order valence-electron chi connectivity index (χ3n) is 3.11. The van der Waals surface area contributed by atoms with E-state index in [1.807, 2.05) is 32.3 Å². The van der Waals surface area contributed by atoms with Crippen molar-refractivity contribution in [1.29, 1.82) is 0 Å². The number of amides is 1. The van der Waals surface area contributed by atoms with Crippen molar-refractivity contribution < 1.29 is 9.21 Å². The van der Waals surface area contributed by atoms with Crippen molar-refractivity contribution in [3.05, 3.63) is 48.2 Å². The fourth-order valence-corrected chi connectivity index (χ4v) is 1.95. The van der Waals surface area contributed by atoms with Gasteiger partial charge in [-0.25, -0.2) is 0 Å². The fraction of sp³-hybridized carbons (Fsp3) is 0.375. The molecule has 118 valence electrons. The molecule has 2 aromatic rings. The van der Waals surface area contributed by atoms with E-state index in [2.05, 4.69) is 20.5 Å². The van der Waals surface area contributed by atoms with Gasteiger partial charge in [0.2, 0.25) is 0 Å². The molecule has 1 amide bonds. The number of pyridine rings is 1. The number of rotatable bonds is 8. The first-order valence-corrected chi connectivity index (χ1v) is 7.30. The van der Waals surface area contributed by atoms with Crippen LogP contribution < -0.4 is 10.6 Å². The van der Waals surface area contributed by atoms with Crippen molar-refractivity contribution in [3.63, 3.8) is 0 Å². The number of hydrogen-bond acceptors (Lipinski definition) is 5. The number of hydrogen-bond donors (Lipinski definition) is 2. The molecule has 0 radical (unpaired) electrons. The van der Waals surface area contributed by atoms with E-state index in [-0.39, 0.29) is 5.91 Å². The molecule has 2 heterocycles. The molecular weight excluding hydrogens is 280 g/mol. The van der Waals surface area contributed by atoms with Crippen LogP contribution in [-0.4, -0.2) is 43.0 Å². The monoisotopic (exact) mass is 302 g/mol. The van der Waals surface area contributed by atoms with Crippen LogP contribution in [-0.2, 0) is 6.54 Å². The summed E-state index contributed by atoms with van der Waals surface area (Å²) in [6.45, 7) is 2.15. The predicted octanol–water partition coefficient (Wildman–Crippen LogP) is 1.97. The van der Waals surface area contributed by atoms with Crippen LogP contribution in [0.4, 0.5) is 5.69 Å². The van der Waals surface area contributed by atoms with E-state index in [9.17, 15) is 4.79 Å². The smallest absolute Gasteiger partial charge is 0.269 e. The third-order valence-corrected chi connectivity index (χ3v) is 3.11.